The van der Waals surface area contributed by atoms with Gasteiger partial charge in [0.25, 0.3) is 0 Å². The lowest BCUT2D eigenvalue weighted by Crippen LogP contribution is -2.26. The third-order valence-corrected chi connectivity index (χ3v) is 2.94. The lowest BCUT2D eigenvalue weighted by Gasteiger charge is -2.23. The predicted molar refractivity (Wildman–Crippen MR) is 42.8 cm³/mol. The van der Waals surface area contributed by atoms with E-state index >= 15 is 0 Å². The molecule has 0 radical (unpaired) electrons. The summed E-state index contributed by atoms with van der Waals surface area (Å²) in [5.74, 6) is 0.479. The second-order valence-corrected chi connectivity index (χ2v) is 3.98. The predicted octanol–water partition coefficient (Wildman–Crippen LogP) is 2.19. The maximum atomic E-state index is 9.72. The average molecular weight is 142 g/mol. The summed E-state index contributed by atoms with van der Waals surface area (Å²) in [6, 6.07) is 0. The van der Waals surface area contributed by atoms with Crippen molar-refractivity contribution >= 4 is 0 Å². The monoisotopic (exact) mass is 142 g/mol. The van der Waals surface area contributed by atoms with Crippen LogP contribution in [0, 0.1) is 11.3 Å². The van der Waals surface area contributed by atoms with E-state index in [1.807, 2.05) is 0 Å². The van der Waals surface area contributed by atoms with Gasteiger partial charge in [-0.3, -0.25) is 0 Å². The summed E-state index contributed by atoms with van der Waals surface area (Å²) in [6.07, 6.45) is 3.48. The van der Waals surface area contributed by atoms with Gasteiger partial charge < -0.3 is 5.11 Å². The molecule has 0 amide bonds. The topological polar surface area (TPSA) is 20.2 Å². The SMILES string of the molecule is CCC(C)C(O)C1(C)CC1. The molecule has 1 N–H and O–H groups in total. The molecule has 1 fully saturated rings. The van der Waals surface area contributed by atoms with Crippen molar-refractivity contribution in [1.82, 2.24) is 0 Å². The molecule has 0 saturated heterocycles. The van der Waals surface area contributed by atoms with Crippen molar-refractivity contribution in [2.75, 3.05) is 0 Å². The lowest BCUT2D eigenvalue weighted by atomic mass is 9.89. The minimum absolute atomic E-state index is 0.0579. The van der Waals surface area contributed by atoms with E-state index in [-0.39, 0.29) is 11.5 Å². The quantitative estimate of drug-likeness (QED) is 0.640. The summed E-state index contributed by atoms with van der Waals surface area (Å²) in [4.78, 5) is 0. The van der Waals surface area contributed by atoms with Crippen molar-refractivity contribution in [3.8, 4) is 0 Å². The first kappa shape index (κ1) is 8.06. The third-order valence-electron chi connectivity index (χ3n) is 2.94. The summed E-state index contributed by atoms with van der Waals surface area (Å²) in [7, 11) is 0. The van der Waals surface area contributed by atoms with Crippen molar-refractivity contribution in [2.24, 2.45) is 11.3 Å². The molecule has 0 aromatic carbocycles. The van der Waals surface area contributed by atoms with Crippen LogP contribution in [0.25, 0.3) is 0 Å². The molecule has 1 heteroatoms. The maximum absolute atomic E-state index is 9.72. The Balaban J connectivity index is 2.40. The van der Waals surface area contributed by atoms with E-state index in [9.17, 15) is 5.11 Å². The molecule has 1 saturated carbocycles. The van der Waals surface area contributed by atoms with Crippen LogP contribution in [0.2, 0.25) is 0 Å². The van der Waals surface area contributed by atoms with Gasteiger partial charge in [-0.05, 0) is 24.2 Å². The van der Waals surface area contributed by atoms with E-state index in [4.69, 9.17) is 0 Å². The van der Waals surface area contributed by atoms with Crippen LogP contribution in [0.4, 0.5) is 0 Å². The van der Waals surface area contributed by atoms with Crippen molar-refractivity contribution < 1.29 is 5.11 Å². The lowest BCUT2D eigenvalue weighted by molar-refractivity contribution is 0.0508. The Hall–Kier alpha value is -0.0400. The van der Waals surface area contributed by atoms with Crippen LogP contribution in [0.3, 0.4) is 0 Å². The van der Waals surface area contributed by atoms with Gasteiger partial charge in [0.05, 0.1) is 6.10 Å². The van der Waals surface area contributed by atoms with Crippen LogP contribution in [-0.4, -0.2) is 11.2 Å². The molecule has 1 rings (SSSR count). The Kier molecular flexibility index (Phi) is 2.04. The molecular weight excluding hydrogens is 124 g/mol. The van der Waals surface area contributed by atoms with E-state index in [1.165, 1.54) is 12.8 Å². The normalized spacial score (nSPS) is 27.6. The fraction of sp³-hybridized carbons (Fsp3) is 1.00. The van der Waals surface area contributed by atoms with Crippen LogP contribution in [-0.2, 0) is 0 Å². The van der Waals surface area contributed by atoms with Crippen molar-refractivity contribution in [3.63, 3.8) is 0 Å². The zero-order valence-electron chi connectivity index (χ0n) is 7.22. The van der Waals surface area contributed by atoms with Crippen molar-refractivity contribution in [3.05, 3.63) is 0 Å². The maximum Gasteiger partial charge on any atom is 0.0619 e. The van der Waals surface area contributed by atoms with Gasteiger partial charge in [-0.2, -0.15) is 0 Å². The Morgan fingerprint density at radius 2 is 2.00 bits per heavy atom. The zero-order chi connectivity index (χ0) is 7.78. The van der Waals surface area contributed by atoms with Gasteiger partial charge in [0.1, 0.15) is 0 Å². The van der Waals surface area contributed by atoms with Crippen LogP contribution in [0.5, 0.6) is 0 Å². The molecule has 0 bridgehead atoms. The number of hydrogen-bond donors (Lipinski definition) is 1. The summed E-state index contributed by atoms with van der Waals surface area (Å²) in [5.41, 5.74) is 0.287. The molecule has 1 aliphatic carbocycles. The minimum Gasteiger partial charge on any atom is -0.392 e. The Morgan fingerprint density at radius 1 is 1.50 bits per heavy atom. The summed E-state index contributed by atoms with van der Waals surface area (Å²) in [5, 5.41) is 9.72. The number of aliphatic hydroxyl groups excluding tert-OH is 1. The molecule has 0 aromatic rings. The molecule has 1 nitrogen and oxygen atoms in total. The summed E-state index contributed by atoms with van der Waals surface area (Å²) >= 11 is 0. The summed E-state index contributed by atoms with van der Waals surface area (Å²) < 4.78 is 0. The van der Waals surface area contributed by atoms with Gasteiger partial charge in [0.2, 0.25) is 0 Å². The highest BCUT2D eigenvalue weighted by Gasteiger charge is 2.45. The third kappa shape index (κ3) is 1.34. The molecule has 0 spiro atoms. The smallest absolute Gasteiger partial charge is 0.0619 e. The number of rotatable bonds is 3. The molecule has 0 heterocycles. The first-order valence-electron chi connectivity index (χ1n) is 4.28. The van der Waals surface area contributed by atoms with Crippen molar-refractivity contribution in [2.45, 2.75) is 46.1 Å². The van der Waals surface area contributed by atoms with Crippen molar-refractivity contribution in [1.29, 1.82) is 0 Å². The molecule has 2 unspecified atom stereocenters. The first-order valence-corrected chi connectivity index (χ1v) is 4.28. The fourth-order valence-corrected chi connectivity index (χ4v) is 1.40. The van der Waals surface area contributed by atoms with E-state index in [0.29, 0.717) is 5.92 Å². The Bertz CT molecular complexity index is 116. The largest absolute Gasteiger partial charge is 0.392 e. The number of aliphatic hydroxyl groups is 1. The highest BCUT2D eigenvalue weighted by atomic mass is 16.3. The van der Waals surface area contributed by atoms with E-state index in [0.717, 1.165) is 6.42 Å². The first-order chi connectivity index (χ1) is 4.60. The molecule has 0 aliphatic heterocycles. The highest BCUT2D eigenvalue weighted by molar-refractivity contribution is 4.96. The van der Waals surface area contributed by atoms with E-state index in [2.05, 4.69) is 20.8 Å². The molecule has 10 heavy (non-hydrogen) atoms. The van der Waals surface area contributed by atoms with Gasteiger partial charge in [-0.25, -0.2) is 0 Å². The van der Waals surface area contributed by atoms with Gasteiger partial charge in [0.15, 0.2) is 0 Å². The fourth-order valence-electron chi connectivity index (χ4n) is 1.40. The van der Waals surface area contributed by atoms with Gasteiger partial charge in [-0.1, -0.05) is 27.2 Å². The Morgan fingerprint density at radius 3 is 2.30 bits per heavy atom. The average Bonchev–Trinajstić information content (AvgIpc) is 2.66. The van der Waals surface area contributed by atoms with Gasteiger partial charge in [0, 0.05) is 0 Å². The van der Waals surface area contributed by atoms with Gasteiger partial charge in [-0.15, -0.1) is 0 Å². The van der Waals surface area contributed by atoms with Gasteiger partial charge >= 0.3 is 0 Å². The van der Waals surface area contributed by atoms with Crippen LogP contribution >= 0.6 is 0 Å². The van der Waals surface area contributed by atoms with Crippen LogP contribution in [0.1, 0.15) is 40.0 Å². The van der Waals surface area contributed by atoms with E-state index < -0.39 is 0 Å². The minimum atomic E-state index is -0.0579. The molecule has 0 aromatic heterocycles. The summed E-state index contributed by atoms with van der Waals surface area (Å²) in [6.45, 7) is 6.46. The van der Waals surface area contributed by atoms with Crippen LogP contribution in [0.15, 0.2) is 0 Å². The van der Waals surface area contributed by atoms with E-state index in [1.54, 1.807) is 0 Å². The zero-order valence-corrected chi connectivity index (χ0v) is 7.22. The second-order valence-electron chi connectivity index (χ2n) is 3.98. The molecular formula is C9H18O. The highest BCUT2D eigenvalue weighted by Crippen LogP contribution is 2.50. The standard InChI is InChI=1S/C9H18O/c1-4-7(2)8(10)9(3)5-6-9/h7-8,10H,4-6H2,1-3H3. The number of hydrogen-bond acceptors (Lipinski definition) is 1. The van der Waals surface area contributed by atoms with Crippen LogP contribution < -0.4 is 0 Å². The second kappa shape index (κ2) is 2.54. The molecule has 2 atom stereocenters. The Labute approximate surface area is 63.4 Å². The molecule has 1 aliphatic rings. The molecule has 60 valence electrons.